The number of ether oxygens (including phenoxy) is 2. The van der Waals surface area contributed by atoms with Gasteiger partial charge in [0.2, 0.25) is 0 Å². The fourth-order valence-corrected chi connectivity index (χ4v) is 1.70. The lowest BCUT2D eigenvalue weighted by Gasteiger charge is -2.21. The molecule has 4 heteroatoms. The second-order valence-electron chi connectivity index (χ2n) is 5.31. The van der Waals surface area contributed by atoms with E-state index in [4.69, 9.17) is 9.47 Å². The molecule has 0 aliphatic rings. The molecule has 3 nitrogen and oxygen atoms in total. The van der Waals surface area contributed by atoms with Crippen molar-refractivity contribution in [2.75, 3.05) is 12.4 Å². The second kappa shape index (κ2) is 7.43. The molecule has 0 atom stereocenters. The Morgan fingerprint density at radius 3 is 2.32 bits per heavy atom. The molecule has 0 aliphatic heterocycles. The molecule has 1 rings (SSSR count). The van der Waals surface area contributed by atoms with Crippen LogP contribution in [0, 0.1) is 0 Å². The third kappa shape index (κ3) is 6.53. The van der Waals surface area contributed by atoms with Gasteiger partial charge in [-0.1, -0.05) is 0 Å². The van der Waals surface area contributed by atoms with Crippen LogP contribution in [0.15, 0.2) is 24.3 Å². The van der Waals surface area contributed by atoms with Gasteiger partial charge >= 0.3 is 5.97 Å². The predicted molar refractivity (Wildman–Crippen MR) is 80.2 cm³/mol. The SMILES string of the molecule is CC(C)(C)Oc1ccc(C(=O)OCCCCS)cc1. The normalized spacial score (nSPS) is 11.2. The lowest BCUT2D eigenvalue weighted by molar-refractivity contribution is 0.0500. The third-order valence-electron chi connectivity index (χ3n) is 2.30. The van der Waals surface area contributed by atoms with Gasteiger partial charge in [0.15, 0.2) is 0 Å². The molecule has 0 saturated heterocycles. The van der Waals surface area contributed by atoms with Crippen molar-refractivity contribution in [3.8, 4) is 5.75 Å². The van der Waals surface area contributed by atoms with Crippen molar-refractivity contribution in [2.24, 2.45) is 0 Å². The predicted octanol–water partition coefficient (Wildman–Crippen LogP) is 3.73. The molecule has 0 spiro atoms. The number of thiol groups is 1. The quantitative estimate of drug-likeness (QED) is 0.490. The van der Waals surface area contributed by atoms with Crippen molar-refractivity contribution in [1.29, 1.82) is 0 Å². The van der Waals surface area contributed by atoms with Crippen LogP contribution in [0.4, 0.5) is 0 Å². The fraction of sp³-hybridized carbons (Fsp3) is 0.533. The summed E-state index contributed by atoms with van der Waals surface area (Å²) in [5.74, 6) is 1.27. The number of hydrogen-bond donors (Lipinski definition) is 1. The van der Waals surface area contributed by atoms with Crippen LogP contribution < -0.4 is 4.74 Å². The highest BCUT2D eigenvalue weighted by molar-refractivity contribution is 7.80. The maximum atomic E-state index is 11.7. The Morgan fingerprint density at radius 1 is 1.16 bits per heavy atom. The van der Waals surface area contributed by atoms with Gasteiger partial charge in [0, 0.05) is 0 Å². The van der Waals surface area contributed by atoms with E-state index in [1.54, 1.807) is 24.3 Å². The van der Waals surface area contributed by atoms with Crippen molar-refractivity contribution in [2.45, 2.75) is 39.2 Å². The number of benzene rings is 1. The van der Waals surface area contributed by atoms with Gasteiger partial charge in [-0.2, -0.15) is 12.6 Å². The number of unbranched alkanes of at least 4 members (excludes halogenated alkanes) is 1. The minimum absolute atomic E-state index is 0.241. The summed E-state index contributed by atoms with van der Waals surface area (Å²) in [6.07, 6.45) is 1.80. The molecule has 0 aliphatic carbocycles. The van der Waals surface area contributed by atoms with E-state index in [1.807, 2.05) is 20.8 Å². The molecule has 0 unspecified atom stereocenters. The summed E-state index contributed by atoms with van der Waals surface area (Å²) in [4.78, 5) is 11.7. The molecule has 0 fully saturated rings. The summed E-state index contributed by atoms with van der Waals surface area (Å²) in [6.45, 7) is 6.39. The Balaban J connectivity index is 2.49. The van der Waals surface area contributed by atoms with Crippen LogP contribution in [0.1, 0.15) is 44.0 Å². The molecule has 106 valence electrons. The van der Waals surface area contributed by atoms with Crippen LogP contribution >= 0.6 is 12.6 Å². The van der Waals surface area contributed by atoms with E-state index in [-0.39, 0.29) is 11.6 Å². The first-order valence-corrected chi connectivity index (χ1v) is 7.13. The maximum Gasteiger partial charge on any atom is 0.338 e. The van der Waals surface area contributed by atoms with Crippen molar-refractivity contribution in [1.82, 2.24) is 0 Å². The van der Waals surface area contributed by atoms with E-state index in [2.05, 4.69) is 12.6 Å². The Hall–Kier alpha value is -1.16. The molecular formula is C15H22O3S. The van der Waals surface area contributed by atoms with Crippen LogP contribution in [-0.2, 0) is 4.74 Å². The summed E-state index contributed by atoms with van der Waals surface area (Å²) < 4.78 is 10.8. The average Bonchev–Trinajstić information content (AvgIpc) is 2.33. The number of carbonyl (C=O) groups excluding carboxylic acids is 1. The Bertz CT molecular complexity index is 393. The Labute approximate surface area is 120 Å². The Morgan fingerprint density at radius 2 is 1.79 bits per heavy atom. The van der Waals surface area contributed by atoms with Crippen LogP contribution in [-0.4, -0.2) is 23.9 Å². The summed E-state index contributed by atoms with van der Waals surface area (Å²) in [7, 11) is 0. The van der Waals surface area contributed by atoms with E-state index < -0.39 is 0 Å². The van der Waals surface area contributed by atoms with Crippen molar-refractivity contribution >= 4 is 18.6 Å². The molecule has 1 aromatic carbocycles. The van der Waals surface area contributed by atoms with Crippen molar-refractivity contribution in [3.63, 3.8) is 0 Å². The van der Waals surface area contributed by atoms with Crippen molar-refractivity contribution in [3.05, 3.63) is 29.8 Å². The first-order valence-electron chi connectivity index (χ1n) is 6.49. The topological polar surface area (TPSA) is 35.5 Å². The smallest absolute Gasteiger partial charge is 0.338 e. The molecule has 0 N–H and O–H groups in total. The highest BCUT2D eigenvalue weighted by Crippen LogP contribution is 2.18. The maximum absolute atomic E-state index is 11.7. The minimum atomic E-state index is -0.290. The molecule has 0 radical (unpaired) electrons. The average molecular weight is 282 g/mol. The van der Waals surface area contributed by atoms with Crippen molar-refractivity contribution < 1.29 is 14.3 Å². The zero-order valence-electron chi connectivity index (χ0n) is 11.8. The van der Waals surface area contributed by atoms with Gasteiger partial charge in [0.25, 0.3) is 0 Å². The van der Waals surface area contributed by atoms with Crippen LogP contribution in [0.5, 0.6) is 5.75 Å². The summed E-state index contributed by atoms with van der Waals surface area (Å²) in [5, 5.41) is 0. The second-order valence-corrected chi connectivity index (χ2v) is 5.75. The van der Waals surface area contributed by atoms with Crippen LogP contribution in [0.3, 0.4) is 0 Å². The highest BCUT2D eigenvalue weighted by Gasteiger charge is 2.12. The molecule has 0 amide bonds. The standard InChI is InChI=1S/C15H22O3S/c1-15(2,3)18-13-8-6-12(7-9-13)14(16)17-10-4-5-11-19/h6-9,19H,4-5,10-11H2,1-3H3. The van der Waals surface area contributed by atoms with Gasteiger partial charge in [-0.25, -0.2) is 4.79 Å². The van der Waals surface area contributed by atoms with E-state index >= 15 is 0 Å². The highest BCUT2D eigenvalue weighted by atomic mass is 32.1. The molecule has 0 saturated carbocycles. The van der Waals surface area contributed by atoms with Gasteiger partial charge < -0.3 is 9.47 Å². The molecule has 0 bridgehead atoms. The van der Waals surface area contributed by atoms with Crippen LogP contribution in [0.25, 0.3) is 0 Å². The molecule has 0 aromatic heterocycles. The van der Waals surface area contributed by atoms with Gasteiger partial charge in [-0.15, -0.1) is 0 Å². The molecule has 0 heterocycles. The summed E-state index contributed by atoms with van der Waals surface area (Å²) in [5.41, 5.74) is 0.307. The molecular weight excluding hydrogens is 260 g/mol. The first-order chi connectivity index (χ1) is 8.92. The summed E-state index contributed by atoms with van der Waals surface area (Å²) in [6, 6.07) is 7.02. The number of hydrogen-bond acceptors (Lipinski definition) is 4. The fourth-order valence-electron chi connectivity index (χ4n) is 1.47. The zero-order valence-corrected chi connectivity index (χ0v) is 12.7. The Kier molecular flexibility index (Phi) is 6.22. The lowest BCUT2D eigenvalue weighted by atomic mass is 10.1. The lowest BCUT2D eigenvalue weighted by Crippen LogP contribution is -2.22. The molecule has 19 heavy (non-hydrogen) atoms. The van der Waals surface area contributed by atoms with E-state index in [0.717, 1.165) is 24.3 Å². The number of esters is 1. The third-order valence-corrected chi connectivity index (χ3v) is 2.62. The van der Waals surface area contributed by atoms with Gasteiger partial charge in [-0.3, -0.25) is 0 Å². The zero-order chi connectivity index (χ0) is 14.3. The first kappa shape index (κ1) is 15.9. The van der Waals surface area contributed by atoms with E-state index in [1.165, 1.54) is 0 Å². The van der Waals surface area contributed by atoms with E-state index in [0.29, 0.717) is 12.2 Å². The molecule has 1 aromatic rings. The van der Waals surface area contributed by atoms with Gasteiger partial charge in [0.05, 0.1) is 12.2 Å². The van der Waals surface area contributed by atoms with Gasteiger partial charge in [0.1, 0.15) is 11.4 Å². The summed E-state index contributed by atoms with van der Waals surface area (Å²) >= 11 is 4.11. The minimum Gasteiger partial charge on any atom is -0.488 e. The van der Waals surface area contributed by atoms with E-state index in [9.17, 15) is 4.79 Å². The van der Waals surface area contributed by atoms with Gasteiger partial charge in [-0.05, 0) is 63.6 Å². The number of rotatable bonds is 6. The van der Waals surface area contributed by atoms with Crippen LogP contribution in [0.2, 0.25) is 0 Å². The monoisotopic (exact) mass is 282 g/mol. The number of carbonyl (C=O) groups is 1. The largest absolute Gasteiger partial charge is 0.488 e.